The maximum Gasteiger partial charge on any atom is 0.408 e. The van der Waals surface area contributed by atoms with E-state index in [-0.39, 0.29) is 25.0 Å². The minimum Gasteiger partial charge on any atom is -0.456 e. The summed E-state index contributed by atoms with van der Waals surface area (Å²) in [4.78, 5) is 54.4. The fraction of sp³-hybridized carbons (Fsp3) is 0.556. The molecule has 3 fully saturated rings. The number of fused-ring (bicyclic) bond motifs is 5. The molecule has 314 valence electrons. The van der Waals surface area contributed by atoms with Gasteiger partial charge in [-0.2, -0.15) is 0 Å². The fourth-order valence-electron chi connectivity index (χ4n) is 9.85. The molecule has 2 aromatic carbocycles. The lowest BCUT2D eigenvalue weighted by Gasteiger charge is -2.68. The predicted molar refractivity (Wildman–Crippen MR) is 211 cm³/mol. The number of nitrogens with one attached hydrogen (secondary N) is 1. The largest absolute Gasteiger partial charge is 0.456 e. The number of rotatable bonds is 9. The van der Waals surface area contributed by atoms with E-state index in [1.165, 1.54) is 6.92 Å². The first-order valence-corrected chi connectivity index (χ1v) is 19.7. The Morgan fingerprint density at radius 2 is 1.60 bits per heavy atom. The van der Waals surface area contributed by atoms with Crippen molar-refractivity contribution in [3.8, 4) is 0 Å². The van der Waals surface area contributed by atoms with Crippen LogP contribution in [-0.2, 0) is 38.0 Å². The van der Waals surface area contributed by atoms with E-state index < -0.39 is 94.1 Å². The van der Waals surface area contributed by atoms with Crippen molar-refractivity contribution in [1.82, 2.24) is 5.32 Å². The zero-order chi connectivity index (χ0) is 42.6. The van der Waals surface area contributed by atoms with Crippen molar-refractivity contribution >= 4 is 24.0 Å². The van der Waals surface area contributed by atoms with Crippen LogP contribution in [0.4, 0.5) is 4.79 Å². The number of alkyl carbamates (subject to hydrolysis) is 1. The molecule has 3 N–H and O–H groups in total. The topological polar surface area (TPSA) is 176 Å². The lowest BCUT2D eigenvalue weighted by Crippen LogP contribution is -2.80. The summed E-state index contributed by atoms with van der Waals surface area (Å²) in [6.07, 6.45) is -6.28. The number of aliphatic hydroxyl groups excluding tert-OH is 1. The summed E-state index contributed by atoms with van der Waals surface area (Å²) in [5.74, 6) is -3.34. The second kappa shape index (κ2) is 15.6. The molecule has 13 heteroatoms. The zero-order valence-electron chi connectivity index (χ0n) is 34.8. The number of esters is 3. The van der Waals surface area contributed by atoms with Gasteiger partial charge in [0.05, 0.1) is 30.2 Å². The van der Waals surface area contributed by atoms with Crippen molar-refractivity contribution in [2.45, 2.75) is 128 Å². The predicted octanol–water partition coefficient (Wildman–Crippen LogP) is 5.93. The Morgan fingerprint density at radius 1 is 0.983 bits per heavy atom. The Labute approximate surface area is 340 Å². The van der Waals surface area contributed by atoms with Crippen molar-refractivity contribution in [2.75, 3.05) is 13.7 Å². The quantitative estimate of drug-likeness (QED) is 0.155. The summed E-state index contributed by atoms with van der Waals surface area (Å²) < 4.78 is 36.7. The highest BCUT2D eigenvalue weighted by molar-refractivity contribution is 5.89. The first kappa shape index (κ1) is 43.0. The molecule has 0 radical (unpaired) electrons. The number of aliphatic hydroxyl groups is 2. The van der Waals surface area contributed by atoms with Gasteiger partial charge in [-0.25, -0.2) is 14.4 Å². The highest BCUT2D eigenvalue weighted by Gasteiger charge is 2.76. The van der Waals surface area contributed by atoms with Crippen molar-refractivity contribution in [3.63, 3.8) is 0 Å². The van der Waals surface area contributed by atoms with E-state index in [0.717, 1.165) is 0 Å². The maximum atomic E-state index is 14.3. The van der Waals surface area contributed by atoms with Gasteiger partial charge in [-0.15, -0.1) is 0 Å². The Bertz CT molecular complexity index is 1960. The summed E-state index contributed by atoms with van der Waals surface area (Å²) >= 11 is 0. The fourth-order valence-corrected chi connectivity index (χ4v) is 9.85. The molecule has 6 rings (SSSR count). The lowest BCUT2D eigenvalue weighted by molar-refractivity contribution is -0.347. The van der Waals surface area contributed by atoms with E-state index in [9.17, 15) is 29.4 Å². The van der Waals surface area contributed by atoms with Crippen LogP contribution in [0.2, 0.25) is 0 Å². The number of carbonyl (C=O) groups excluding carboxylic acids is 4. The number of methoxy groups -OCH3 is 1. The number of hydrogen-bond acceptors (Lipinski definition) is 12. The Morgan fingerprint density at radius 3 is 2.16 bits per heavy atom. The van der Waals surface area contributed by atoms with Crippen molar-refractivity contribution in [3.05, 3.63) is 95.1 Å². The molecule has 1 aliphatic heterocycles. The van der Waals surface area contributed by atoms with Gasteiger partial charge in [0.25, 0.3) is 0 Å². The molecule has 13 nitrogen and oxygen atoms in total. The van der Waals surface area contributed by atoms with Crippen molar-refractivity contribution in [1.29, 1.82) is 0 Å². The van der Waals surface area contributed by atoms with Gasteiger partial charge in [0.15, 0.2) is 11.7 Å². The molecule has 0 unspecified atom stereocenters. The molecule has 0 spiro atoms. The normalized spacial score (nSPS) is 32.4. The average Bonchev–Trinajstić information content (AvgIpc) is 3.15. The lowest BCUT2D eigenvalue weighted by atomic mass is 9.44. The van der Waals surface area contributed by atoms with Crippen LogP contribution < -0.4 is 5.32 Å². The van der Waals surface area contributed by atoms with Crippen LogP contribution in [0.1, 0.15) is 96.6 Å². The average molecular weight is 804 g/mol. The molecule has 10 atom stereocenters. The maximum absolute atomic E-state index is 14.3. The monoisotopic (exact) mass is 803 g/mol. The van der Waals surface area contributed by atoms with Crippen molar-refractivity contribution in [2.24, 2.45) is 16.7 Å². The van der Waals surface area contributed by atoms with Crippen LogP contribution in [-0.4, -0.2) is 95.3 Å². The molecule has 3 aliphatic carbocycles. The summed E-state index contributed by atoms with van der Waals surface area (Å²) in [6.45, 7) is 18.4. The van der Waals surface area contributed by atoms with E-state index in [2.05, 4.69) is 11.9 Å². The number of amides is 1. The van der Waals surface area contributed by atoms with Gasteiger partial charge < -0.3 is 44.0 Å². The number of carbonyl (C=O) groups is 4. The summed E-state index contributed by atoms with van der Waals surface area (Å²) in [5.41, 5.74) is -3.82. The van der Waals surface area contributed by atoms with E-state index in [1.54, 1.807) is 95.5 Å². The molecule has 2 saturated carbocycles. The first-order chi connectivity index (χ1) is 27.1. The molecule has 1 saturated heterocycles. The highest BCUT2D eigenvalue weighted by Crippen LogP contribution is 2.66. The molecule has 1 heterocycles. The second-order valence-corrected chi connectivity index (χ2v) is 17.9. The zero-order valence-corrected chi connectivity index (χ0v) is 34.8. The van der Waals surface area contributed by atoms with Crippen LogP contribution >= 0.6 is 0 Å². The molecule has 58 heavy (non-hydrogen) atoms. The Kier molecular flexibility index (Phi) is 11.5. The van der Waals surface area contributed by atoms with Gasteiger partial charge in [0.2, 0.25) is 0 Å². The standard InChI is InChI=1S/C45H57NO12/c1-25-21-30-26(2)31(55-39(50)35(48)34(28-17-13-11-14-18-28)46-40(51)58-41(4,5)6)23-45(52,42(30,7)8)37(56-38(49)29-19-15-12-16-20-29)36-43(25,9)32(53-10)22-33-44(36,24-54-33)57-27(3)47/h11-20,31-37,48,52H,1,21-24H2,2-10H3,(H,46,51)/t31-,32-,33+,34-,35+,36-,37-,43+,44-,45+/m0/s1. The molecule has 0 aromatic heterocycles. The van der Waals surface area contributed by atoms with Crippen LogP contribution in [0.15, 0.2) is 84.0 Å². The first-order valence-electron chi connectivity index (χ1n) is 19.7. The SMILES string of the molecule is C=C1CC2=C(C)[C@@H](OC(=O)[C@H](O)[C@@H](NC(=O)OC(C)(C)C)c3ccccc3)C[C@@](O)([C@@H](OC(=O)c3ccccc3)[C@@H]3[C@]4(OC(C)=O)CO[C@@H]4C[C@H](OC)[C@@]13C)C2(C)C. The van der Waals surface area contributed by atoms with Gasteiger partial charge in [0.1, 0.15) is 29.5 Å². The minimum atomic E-state index is -2.01. The molecular formula is C45H57NO12. The van der Waals surface area contributed by atoms with Crippen molar-refractivity contribution < 1.29 is 57.8 Å². The van der Waals surface area contributed by atoms with Crippen LogP contribution in [0, 0.1) is 16.7 Å². The van der Waals surface area contributed by atoms with E-state index in [4.69, 9.17) is 28.4 Å². The van der Waals surface area contributed by atoms with Gasteiger partial charge in [-0.3, -0.25) is 4.79 Å². The van der Waals surface area contributed by atoms with Crippen LogP contribution in [0.3, 0.4) is 0 Å². The van der Waals surface area contributed by atoms with Gasteiger partial charge >= 0.3 is 24.0 Å². The summed E-state index contributed by atoms with van der Waals surface area (Å²) in [5, 5.41) is 27.9. The minimum absolute atomic E-state index is 0.0328. The molecule has 2 aromatic rings. The third-order valence-electron chi connectivity index (χ3n) is 13.1. The highest BCUT2D eigenvalue weighted by atomic mass is 16.6. The number of benzene rings is 2. The van der Waals surface area contributed by atoms with E-state index >= 15 is 0 Å². The summed E-state index contributed by atoms with van der Waals surface area (Å²) in [6, 6.07) is 15.6. The van der Waals surface area contributed by atoms with Gasteiger partial charge in [0, 0.05) is 37.7 Å². The molecular weight excluding hydrogens is 746 g/mol. The summed E-state index contributed by atoms with van der Waals surface area (Å²) in [7, 11) is 1.58. The number of ether oxygens (including phenoxy) is 6. The molecule has 1 amide bonds. The van der Waals surface area contributed by atoms with E-state index in [1.807, 2.05) is 20.8 Å². The molecule has 2 bridgehead atoms. The van der Waals surface area contributed by atoms with Crippen LogP contribution in [0.5, 0.6) is 0 Å². The third-order valence-corrected chi connectivity index (χ3v) is 13.1. The Hall–Kier alpha value is -4.56. The van der Waals surface area contributed by atoms with Gasteiger partial charge in [-0.1, -0.05) is 87.0 Å². The smallest absolute Gasteiger partial charge is 0.408 e. The van der Waals surface area contributed by atoms with E-state index in [0.29, 0.717) is 28.7 Å². The second-order valence-electron chi connectivity index (χ2n) is 17.9. The molecule has 4 aliphatic rings. The number of hydrogen-bond donors (Lipinski definition) is 3. The van der Waals surface area contributed by atoms with Crippen LogP contribution in [0.25, 0.3) is 0 Å². The Balaban J connectivity index is 1.47. The van der Waals surface area contributed by atoms with Gasteiger partial charge in [-0.05, 0) is 57.4 Å². The third kappa shape index (κ3) is 7.35.